The molecule has 0 bridgehead atoms. The van der Waals surface area contributed by atoms with Gasteiger partial charge in [-0.05, 0) is 52.8 Å². The molecular weight excluding hydrogens is 272 g/mol. The summed E-state index contributed by atoms with van der Waals surface area (Å²) < 4.78 is 1.84. The summed E-state index contributed by atoms with van der Waals surface area (Å²) in [5.74, 6) is 0.797. The molecule has 0 aliphatic heterocycles. The minimum Gasteiger partial charge on any atom is -0.306 e. The average molecular weight is 293 g/mol. The quantitative estimate of drug-likeness (QED) is 0.942. The molecule has 2 rings (SSSR count). The average Bonchev–Trinajstić information content (AvgIpc) is 2.66. The van der Waals surface area contributed by atoms with Crippen molar-refractivity contribution in [2.45, 2.75) is 46.7 Å². The van der Waals surface area contributed by atoms with Crippen LogP contribution in [0.15, 0.2) is 18.2 Å². The van der Waals surface area contributed by atoms with Gasteiger partial charge in [-0.2, -0.15) is 5.10 Å². The second kappa shape index (κ2) is 5.54. The Morgan fingerprint density at radius 3 is 2.50 bits per heavy atom. The van der Waals surface area contributed by atoms with E-state index in [4.69, 9.17) is 11.6 Å². The van der Waals surface area contributed by atoms with Crippen LogP contribution in [0.5, 0.6) is 0 Å². The second-order valence-electron chi connectivity index (χ2n) is 6.04. The molecule has 20 heavy (non-hydrogen) atoms. The van der Waals surface area contributed by atoms with Gasteiger partial charge in [0.2, 0.25) is 0 Å². The molecule has 2 aromatic heterocycles. The van der Waals surface area contributed by atoms with Crippen LogP contribution in [0.2, 0.25) is 5.02 Å². The number of hydrogen-bond acceptors (Lipinski definition) is 3. The van der Waals surface area contributed by atoms with Crippen LogP contribution in [0.3, 0.4) is 0 Å². The van der Waals surface area contributed by atoms with E-state index in [1.807, 2.05) is 36.7 Å². The van der Waals surface area contributed by atoms with E-state index in [9.17, 15) is 0 Å². The van der Waals surface area contributed by atoms with Gasteiger partial charge < -0.3 is 5.32 Å². The van der Waals surface area contributed by atoms with E-state index in [2.05, 4.69) is 36.2 Å². The van der Waals surface area contributed by atoms with E-state index in [-0.39, 0.29) is 5.54 Å². The summed E-state index contributed by atoms with van der Waals surface area (Å²) in [6, 6.07) is 5.80. The molecule has 1 N–H and O–H groups in total. The molecule has 0 aromatic carbocycles. The van der Waals surface area contributed by atoms with Crippen molar-refractivity contribution < 1.29 is 0 Å². The third kappa shape index (κ3) is 3.58. The number of nitrogens with zero attached hydrogens (tertiary/aromatic N) is 3. The first-order valence-electron chi connectivity index (χ1n) is 6.70. The van der Waals surface area contributed by atoms with Gasteiger partial charge in [0.25, 0.3) is 0 Å². The number of halogens is 1. The van der Waals surface area contributed by atoms with Crippen LogP contribution in [0.1, 0.15) is 37.9 Å². The first kappa shape index (κ1) is 15.0. The molecule has 0 saturated heterocycles. The van der Waals surface area contributed by atoms with Crippen LogP contribution in [-0.2, 0) is 6.54 Å². The summed E-state index contributed by atoms with van der Waals surface area (Å²) >= 11 is 6.23. The number of nitrogens with one attached hydrogen (secondary N) is 1. The summed E-state index contributed by atoms with van der Waals surface area (Å²) in [4.78, 5) is 4.63. The topological polar surface area (TPSA) is 42.7 Å². The molecule has 0 saturated carbocycles. The van der Waals surface area contributed by atoms with Crippen molar-refractivity contribution in [1.82, 2.24) is 20.1 Å². The van der Waals surface area contributed by atoms with Gasteiger partial charge in [-0.25, -0.2) is 9.67 Å². The van der Waals surface area contributed by atoms with Gasteiger partial charge in [-0.1, -0.05) is 11.6 Å². The normalized spacial score (nSPS) is 11.9. The molecule has 5 heteroatoms. The molecule has 0 radical (unpaired) electrons. The van der Waals surface area contributed by atoms with E-state index < -0.39 is 0 Å². The fourth-order valence-corrected chi connectivity index (χ4v) is 2.10. The van der Waals surface area contributed by atoms with Gasteiger partial charge in [0, 0.05) is 17.8 Å². The smallest absolute Gasteiger partial charge is 0.154 e. The monoisotopic (exact) mass is 292 g/mol. The SMILES string of the molecule is Cc1cc(C)n(-c2ccc(Cl)c(CNC(C)(C)C)n2)n1. The summed E-state index contributed by atoms with van der Waals surface area (Å²) in [7, 11) is 0. The number of aryl methyl sites for hydroxylation is 2. The van der Waals surface area contributed by atoms with E-state index in [0.717, 1.165) is 22.9 Å². The van der Waals surface area contributed by atoms with Gasteiger partial charge >= 0.3 is 0 Å². The predicted molar refractivity (Wildman–Crippen MR) is 82.4 cm³/mol. The van der Waals surface area contributed by atoms with Crippen molar-refractivity contribution in [3.8, 4) is 5.82 Å². The van der Waals surface area contributed by atoms with E-state index in [1.165, 1.54) is 0 Å². The standard InChI is InChI=1S/C15H21ClN4/c1-10-8-11(2)20(19-10)14-7-6-12(16)13(18-14)9-17-15(3,4)5/h6-8,17H,9H2,1-5H3. The lowest BCUT2D eigenvalue weighted by molar-refractivity contribution is 0.421. The van der Waals surface area contributed by atoms with Crippen molar-refractivity contribution in [2.24, 2.45) is 0 Å². The van der Waals surface area contributed by atoms with Crippen molar-refractivity contribution in [1.29, 1.82) is 0 Å². The van der Waals surface area contributed by atoms with Gasteiger partial charge in [0.05, 0.1) is 16.4 Å². The molecule has 0 aliphatic rings. The minimum atomic E-state index is 0.0270. The molecule has 0 spiro atoms. The molecule has 108 valence electrons. The predicted octanol–water partition coefficient (Wildman–Crippen LogP) is 3.43. The Hall–Kier alpha value is -1.39. The fraction of sp³-hybridized carbons (Fsp3) is 0.467. The largest absolute Gasteiger partial charge is 0.306 e. The zero-order chi connectivity index (χ0) is 14.9. The Balaban J connectivity index is 2.31. The Bertz CT molecular complexity index is 611. The second-order valence-corrected chi connectivity index (χ2v) is 6.45. The zero-order valence-electron chi connectivity index (χ0n) is 12.7. The highest BCUT2D eigenvalue weighted by Gasteiger charge is 2.12. The maximum Gasteiger partial charge on any atom is 0.154 e. The fourth-order valence-electron chi connectivity index (χ4n) is 1.92. The summed E-state index contributed by atoms with van der Waals surface area (Å²) in [6.07, 6.45) is 0. The Labute approximate surface area is 125 Å². The van der Waals surface area contributed by atoms with Gasteiger partial charge in [-0.3, -0.25) is 0 Å². The van der Waals surface area contributed by atoms with Gasteiger partial charge in [0.15, 0.2) is 5.82 Å². The Morgan fingerprint density at radius 2 is 1.95 bits per heavy atom. The van der Waals surface area contributed by atoms with Crippen LogP contribution in [0.4, 0.5) is 0 Å². The van der Waals surface area contributed by atoms with E-state index in [1.54, 1.807) is 0 Å². The van der Waals surface area contributed by atoms with Crippen LogP contribution in [0, 0.1) is 13.8 Å². The van der Waals surface area contributed by atoms with Crippen LogP contribution in [-0.4, -0.2) is 20.3 Å². The lowest BCUT2D eigenvalue weighted by Gasteiger charge is -2.20. The number of pyridine rings is 1. The molecule has 0 atom stereocenters. The van der Waals surface area contributed by atoms with Crippen molar-refractivity contribution >= 4 is 11.6 Å². The summed E-state index contributed by atoms with van der Waals surface area (Å²) in [6.45, 7) is 11.0. The third-order valence-electron chi connectivity index (χ3n) is 2.92. The third-order valence-corrected chi connectivity index (χ3v) is 3.26. The minimum absolute atomic E-state index is 0.0270. The summed E-state index contributed by atoms with van der Waals surface area (Å²) in [5, 5.41) is 8.52. The van der Waals surface area contributed by atoms with Gasteiger partial charge in [-0.15, -0.1) is 0 Å². The molecule has 0 aliphatic carbocycles. The van der Waals surface area contributed by atoms with Gasteiger partial charge in [0.1, 0.15) is 0 Å². The maximum atomic E-state index is 6.23. The highest BCUT2D eigenvalue weighted by atomic mass is 35.5. The lowest BCUT2D eigenvalue weighted by Crippen LogP contribution is -2.35. The Morgan fingerprint density at radius 1 is 1.25 bits per heavy atom. The van der Waals surface area contributed by atoms with E-state index >= 15 is 0 Å². The number of aromatic nitrogens is 3. The molecule has 0 unspecified atom stereocenters. The molecular formula is C15H21ClN4. The molecule has 0 fully saturated rings. The van der Waals surface area contributed by atoms with Crippen LogP contribution in [0.25, 0.3) is 5.82 Å². The summed E-state index contributed by atoms with van der Waals surface area (Å²) in [5.41, 5.74) is 2.91. The highest BCUT2D eigenvalue weighted by molar-refractivity contribution is 6.31. The molecule has 0 amide bonds. The highest BCUT2D eigenvalue weighted by Crippen LogP contribution is 2.18. The number of hydrogen-bond donors (Lipinski definition) is 1. The van der Waals surface area contributed by atoms with Crippen LogP contribution < -0.4 is 5.32 Å². The molecule has 2 aromatic rings. The first-order chi connectivity index (χ1) is 9.26. The Kier molecular flexibility index (Phi) is 4.16. The van der Waals surface area contributed by atoms with Crippen LogP contribution >= 0.6 is 11.6 Å². The van der Waals surface area contributed by atoms with Crippen molar-refractivity contribution in [3.05, 3.63) is 40.3 Å². The molecule has 2 heterocycles. The molecule has 4 nitrogen and oxygen atoms in total. The number of rotatable bonds is 3. The first-order valence-corrected chi connectivity index (χ1v) is 7.08. The van der Waals surface area contributed by atoms with E-state index in [0.29, 0.717) is 11.6 Å². The lowest BCUT2D eigenvalue weighted by atomic mass is 10.1. The zero-order valence-corrected chi connectivity index (χ0v) is 13.4. The van der Waals surface area contributed by atoms with Crippen molar-refractivity contribution in [2.75, 3.05) is 0 Å². The van der Waals surface area contributed by atoms with Crippen molar-refractivity contribution in [3.63, 3.8) is 0 Å². The maximum absolute atomic E-state index is 6.23.